The summed E-state index contributed by atoms with van der Waals surface area (Å²) in [5.41, 5.74) is 2.76. The Balaban J connectivity index is 0.000000286. The van der Waals surface area contributed by atoms with Gasteiger partial charge < -0.3 is 0 Å². The molecule has 0 saturated heterocycles. The van der Waals surface area contributed by atoms with E-state index in [9.17, 15) is 22.9 Å². The summed E-state index contributed by atoms with van der Waals surface area (Å²) in [6.45, 7) is 0. The van der Waals surface area contributed by atoms with E-state index in [4.69, 9.17) is 0 Å². The molecule has 6 nitrogen and oxygen atoms in total. The Morgan fingerprint density at radius 3 is 2.44 bits per heavy atom. The van der Waals surface area contributed by atoms with Crippen molar-refractivity contribution in [1.29, 1.82) is 0 Å². The van der Waals surface area contributed by atoms with Gasteiger partial charge in [-0.05, 0) is 75.7 Å². The number of nitrogens with zero attached hydrogens (tertiary/aromatic N) is 1. The second-order valence-electron chi connectivity index (χ2n) is 8.78. The minimum absolute atomic E-state index is 0.0885. The summed E-state index contributed by atoms with van der Waals surface area (Å²) in [5.74, 6) is -0.584. The number of allylic oxidation sites excluding steroid dienone is 2. The maximum absolute atomic E-state index is 14.8. The topological polar surface area (TPSA) is 89.3 Å². The van der Waals surface area contributed by atoms with Crippen LogP contribution in [-0.4, -0.2) is 13.3 Å². The molecule has 1 atom stereocenters. The normalized spacial score (nSPS) is 17.6. The van der Waals surface area contributed by atoms with Gasteiger partial charge in [0.25, 0.3) is 15.7 Å². The molecule has 8 heteroatoms. The van der Waals surface area contributed by atoms with Gasteiger partial charge in [-0.3, -0.25) is 14.8 Å². The van der Waals surface area contributed by atoms with Crippen LogP contribution in [0.2, 0.25) is 0 Å². The van der Waals surface area contributed by atoms with Gasteiger partial charge in [0, 0.05) is 18.2 Å². The third-order valence-corrected chi connectivity index (χ3v) is 7.59. The molecule has 182 valence electrons. The molecule has 4 aromatic rings. The van der Waals surface area contributed by atoms with Crippen LogP contribution >= 0.6 is 0 Å². The van der Waals surface area contributed by atoms with E-state index in [0.29, 0.717) is 5.56 Å². The highest BCUT2D eigenvalue weighted by Crippen LogP contribution is 2.43. The molecule has 4 aromatic carbocycles. The number of benzene rings is 4. The number of nitro benzene ring substituents is 1. The van der Waals surface area contributed by atoms with Gasteiger partial charge in [0.1, 0.15) is 5.82 Å². The van der Waals surface area contributed by atoms with Crippen molar-refractivity contribution in [3.05, 3.63) is 123 Å². The summed E-state index contributed by atoms with van der Waals surface area (Å²) in [4.78, 5) is 10.4. The molecule has 36 heavy (non-hydrogen) atoms. The zero-order chi connectivity index (χ0) is 25.3. The molecule has 1 heterocycles. The van der Waals surface area contributed by atoms with Gasteiger partial charge in [-0.1, -0.05) is 48.5 Å². The zero-order valence-electron chi connectivity index (χ0n) is 19.2. The highest BCUT2D eigenvalue weighted by Gasteiger charge is 2.27. The molecule has 1 aliphatic heterocycles. The number of hydrogen-bond acceptors (Lipinski definition) is 4. The van der Waals surface area contributed by atoms with Crippen molar-refractivity contribution >= 4 is 37.3 Å². The Bertz CT molecular complexity index is 1660. The number of nitro groups is 1. The molecule has 1 N–H and O–H groups in total. The van der Waals surface area contributed by atoms with E-state index in [2.05, 4.69) is 41.1 Å². The van der Waals surface area contributed by atoms with Crippen LogP contribution in [0.1, 0.15) is 35.4 Å². The number of aryl methyl sites for hydroxylation is 1. The number of hydrogen-bond donors (Lipinski definition) is 1. The minimum Gasteiger partial charge on any atom is -0.287 e. The Morgan fingerprint density at radius 1 is 0.944 bits per heavy atom. The summed E-state index contributed by atoms with van der Waals surface area (Å²) in [6, 6.07) is 20.9. The first-order chi connectivity index (χ1) is 17.3. The summed E-state index contributed by atoms with van der Waals surface area (Å²) in [5, 5.41) is 16.8. The molecule has 0 spiro atoms. The first-order valence-corrected chi connectivity index (χ1v) is 13.1. The van der Waals surface area contributed by atoms with Crippen LogP contribution in [-0.2, 0) is 16.4 Å². The third kappa shape index (κ3) is 4.59. The van der Waals surface area contributed by atoms with Gasteiger partial charge in [-0.15, -0.1) is 0 Å². The van der Waals surface area contributed by atoms with Gasteiger partial charge in [0.05, 0.1) is 16.4 Å². The smallest absolute Gasteiger partial charge is 0.272 e. The fraction of sp³-hybridized carbons (Fsp3) is 0.143. The van der Waals surface area contributed by atoms with Crippen molar-refractivity contribution < 1.29 is 17.7 Å². The van der Waals surface area contributed by atoms with E-state index >= 15 is 0 Å². The van der Waals surface area contributed by atoms with Gasteiger partial charge >= 0.3 is 0 Å². The minimum atomic E-state index is -3.10. The number of nitrogens with one attached hydrogen (secondary N) is 1. The lowest BCUT2D eigenvalue weighted by Crippen LogP contribution is -2.15. The number of sulfonamides is 1. The summed E-state index contributed by atoms with van der Waals surface area (Å²) < 4.78 is 37.8. The Hall–Kier alpha value is -4.04. The van der Waals surface area contributed by atoms with Crippen LogP contribution in [0.5, 0.6) is 0 Å². The summed E-state index contributed by atoms with van der Waals surface area (Å²) >= 11 is 0. The highest BCUT2D eigenvalue weighted by atomic mass is 32.2. The SMILES string of the molecule is O=S1(=O)C=CC=CN1.O=[N+]([O-])c1ccc(C2CCCc3ccc4c(ccc5ccccc54)c32)c(F)c1. The monoisotopic (exact) mass is 502 g/mol. The van der Waals surface area contributed by atoms with Crippen molar-refractivity contribution in [3.8, 4) is 0 Å². The van der Waals surface area contributed by atoms with Crippen molar-refractivity contribution in [2.75, 3.05) is 0 Å². The molecule has 1 unspecified atom stereocenters. The van der Waals surface area contributed by atoms with Crippen molar-refractivity contribution in [3.63, 3.8) is 0 Å². The molecule has 6 rings (SSSR count). The molecule has 2 aliphatic rings. The van der Waals surface area contributed by atoms with Crippen LogP contribution in [0.15, 0.2) is 90.5 Å². The van der Waals surface area contributed by atoms with E-state index in [-0.39, 0.29) is 11.6 Å². The van der Waals surface area contributed by atoms with E-state index in [1.54, 1.807) is 12.1 Å². The standard InChI is InChI=1S/C24H18FNO2.C4H5NO2S/c25-23-14-17(26(27)28)10-13-20(23)21-7-3-5-16-9-11-19-18-6-2-1-4-15(18)8-12-22(19)24(16)21;6-8(7)4-2-1-3-5-8/h1-2,4,6,8-14,21H,3,5,7H2;1-5H. The Labute approximate surface area is 208 Å². The van der Waals surface area contributed by atoms with Crippen LogP contribution in [0.25, 0.3) is 21.5 Å². The van der Waals surface area contributed by atoms with Gasteiger partial charge in [0.2, 0.25) is 0 Å². The maximum Gasteiger partial charge on any atom is 0.272 e. The van der Waals surface area contributed by atoms with Gasteiger partial charge in [0.15, 0.2) is 0 Å². The number of halogens is 1. The molecule has 0 radical (unpaired) electrons. The number of rotatable bonds is 2. The average Bonchev–Trinajstić information content (AvgIpc) is 2.88. The first kappa shape index (κ1) is 23.7. The van der Waals surface area contributed by atoms with Gasteiger partial charge in [-0.2, -0.15) is 0 Å². The average molecular weight is 503 g/mol. The Morgan fingerprint density at radius 2 is 1.75 bits per heavy atom. The summed E-state index contributed by atoms with van der Waals surface area (Å²) in [7, 11) is -3.10. The fourth-order valence-corrected chi connectivity index (χ4v) is 5.67. The fourth-order valence-electron chi connectivity index (χ4n) is 5.03. The predicted molar refractivity (Wildman–Crippen MR) is 140 cm³/mol. The lowest BCUT2D eigenvalue weighted by molar-refractivity contribution is -0.385. The predicted octanol–water partition coefficient (Wildman–Crippen LogP) is 6.46. The quantitative estimate of drug-likeness (QED) is 0.194. The molecule has 0 saturated carbocycles. The molecule has 0 aromatic heterocycles. The van der Waals surface area contributed by atoms with E-state index in [0.717, 1.165) is 36.1 Å². The van der Waals surface area contributed by atoms with E-state index in [1.807, 2.05) is 12.1 Å². The largest absolute Gasteiger partial charge is 0.287 e. The van der Waals surface area contributed by atoms with Crippen LogP contribution in [0.4, 0.5) is 10.1 Å². The van der Waals surface area contributed by atoms with Crippen LogP contribution in [0.3, 0.4) is 0 Å². The van der Waals surface area contributed by atoms with Crippen molar-refractivity contribution in [1.82, 2.24) is 4.72 Å². The zero-order valence-corrected chi connectivity index (χ0v) is 20.0. The second-order valence-corrected chi connectivity index (χ2v) is 10.4. The maximum atomic E-state index is 14.8. The highest BCUT2D eigenvalue weighted by molar-refractivity contribution is 7.92. The van der Waals surface area contributed by atoms with Crippen molar-refractivity contribution in [2.45, 2.75) is 25.2 Å². The molecule has 0 amide bonds. The third-order valence-electron chi connectivity index (χ3n) is 6.61. The molecular weight excluding hydrogens is 479 g/mol. The number of fused-ring (bicyclic) bond motifs is 5. The second kappa shape index (κ2) is 9.54. The Kier molecular flexibility index (Phi) is 6.28. The van der Waals surface area contributed by atoms with Crippen LogP contribution < -0.4 is 4.72 Å². The molecule has 1 aliphatic carbocycles. The van der Waals surface area contributed by atoms with Crippen molar-refractivity contribution in [2.24, 2.45) is 0 Å². The van der Waals surface area contributed by atoms with Crippen LogP contribution in [0, 0.1) is 15.9 Å². The van der Waals surface area contributed by atoms with Gasteiger partial charge in [-0.25, -0.2) is 12.8 Å². The molecular formula is C28H23FN2O4S. The molecule has 0 fully saturated rings. The number of non-ortho nitro benzene ring substituents is 1. The van der Waals surface area contributed by atoms with E-state index in [1.165, 1.54) is 45.6 Å². The lowest BCUT2D eigenvalue weighted by Gasteiger charge is -2.28. The first-order valence-electron chi connectivity index (χ1n) is 11.6. The van der Waals surface area contributed by atoms with E-state index < -0.39 is 20.8 Å². The summed E-state index contributed by atoms with van der Waals surface area (Å²) in [6.07, 6.45) is 7.24. The molecule has 0 bridgehead atoms. The lowest BCUT2D eigenvalue weighted by atomic mass is 9.76.